The number of rotatable bonds is 4. The maximum Gasteiger partial charge on any atom is 0.329 e. The normalized spacial score (nSPS) is 10.3. The lowest BCUT2D eigenvalue weighted by Crippen LogP contribution is -2.32. The molecule has 0 unspecified atom stereocenters. The number of anilines is 1. The van der Waals surface area contributed by atoms with Crippen LogP contribution in [0.15, 0.2) is 53.8 Å². The molecule has 0 aliphatic heterocycles. The van der Waals surface area contributed by atoms with Crippen molar-refractivity contribution in [1.82, 2.24) is 10.4 Å². The largest absolute Gasteiger partial charge is 0.329 e. The molecule has 2 N–H and O–H groups in total. The number of carbonyl (C=O) groups excluding carboxylic acids is 2. The summed E-state index contributed by atoms with van der Waals surface area (Å²) in [5, 5.41) is 16.4. The van der Waals surface area contributed by atoms with Crippen molar-refractivity contribution in [3.05, 3.63) is 64.3 Å². The first kappa shape index (κ1) is 15.8. The fourth-order valence-corrected chi connectivity index (χ4v) is 1.51. The van der Waals surface area contributed by atoms with Gasteiger partial charge < -0.3 is 5.32 Å². The number of nitro groups is 1. The first-order valence-electron chi connectivity index (χ1n) is 6.36. The molecule has 1 aromatic carbocycles. The van der Waals surface area contributed by atoms with E-state index < -0.39 is 16.7 Å². The number of hydrogen-bond acceptors (Lipinski definition) is 6. The van der Waals surface area contributed by atoms with Crippen molar-refractivity contribution >= 4 is 29.5 Å². The summed E-state index contributed by atoms with van der Waals surface area (Å²) >= 11 is 0. The van der Waals surface area contributed by atoms with Gasteiger partial charge in [-0.15, -0.1) is 0 Å². The van der Waals surface area contributed by atoms with E-state index in [1.54, 1.807) is 12.1 Å². The van der Waals surface area contributed by atoms with Crippen LogP contribution in [0.5, 0.6) is 0 Å². The first-order valence-corrected chi connectivity index (χ1v) is 6.36. The minimum Gasteiger partial charge on any atom is -0.302 e. The van der Waals surface area contributed by atoms with Crippen molar-refractivity contribution in [1.29, 1.82) is 0 Å². The molecule has 0 aliphatic rings. The van der Waals surface area contributed by atoms with Crippen LogP contribution in [-0.4, -0.2) is 27.9 Å². The van der Waals surface area contributed by atoms with Crippen molar-refractivity contribution in [2.45, 2.75) is 0 Å². The summed E-state index contributed by atoms with van der Waals surface area (Å²) in [5.41, 5.74) is 2.52. The predicted octanol–water partition coefficient (Wildman–Crippen LogP) is 1.08. The Balaban J connectivity index is 1.88. The summed E-state index contributed by atoms with van der Waals surface area (Å²) in [7, 11) is 0. The topological polar surface area (TPSA) is 127 Å². The maximum atomic E-state index is 11.6. The highest BCUT2D eigenvalue weighted by atomic mass is 16.6. The fraction of sp³-hybridized carbons (Fsp3) is 0. The zero-order valence-corrected chi connectivity index (χ0v) is 11.7. The lowest BCUT2D eigenvalue weighted by atomic mass is 10.2. The van der Waals surface area contributed by atoms with Crippen molar-refractivity contribution in [2.24, 2.45) is 5.10 Å². The van der Waals surface area contributed by atoms with E-state index in [1.807, 2.05) is 5.43 Å². The third-order valence-corrected chi connectivity index (χ3v) is 2.60. The van der Waals surface area contributed by atoms with Crippen molar-refractivity contribution < 1.29 is 14.5 Å². The van der Waals surface area contributed by atoms with Gasteiger partial charge in [0, 0.05) is 18.3 Å². The van der Waals surface area contributed by atoms with Gasteiger partial charge in [0.15, 0.2) is 0 Å². The number of non-ortho nitro benzene ring substituents is 1. The molecule has 2 aromatic rings. The summed E-state index contributed by atoms with van der Waals surface area (Å²) in [5.74, 6) is -1.63. The Morgan fingerprint density at radius 3 is 2.48 bits per heavy atom. The number of pyridine rings is 1. The SMILES string of the molecule is O=C(NN=Cc1ccc([N+](=O)[O-])cc1)C(=O)Nc1ccccn1. The van der Waals surface area contributed by atoms with Crippen molar-refractivity contribution in [2.75, 3.05) is 5.32 Å². The highest BCUT2D eigenvalue weighted by Gasteiger charge is 2.13. The molecule has 1 heterocycles. The molecule has 0 saturated carbocycles. The van der Waals surface area contributed by atoms with Crippen LogP contribution in [0.25, 0.3) is 0 Å². The van der Waals surface area contributed by atoms with E-state index in [1.165, 1.54) is 42.7 Å². The number of aromatic nitrogens is 1. The third-order valence-electron chi connectivity index (χ3n) is 2.60. The van der Waals surface area contributed by atoms with Crippen LogP contribution < -0.4 is 10.7 Å². The number of nitrogens with one attached hydrogen (secondary N) is 2. The summed E-state index contributed by atoms with van der Waals surface area (Å²) < 4.78 is 0. The molecule has 0 bridgehead atoms. The van der Waals surface area contributed by atoms with Crippen LogP contribution in [0.3, 0.4) is 0 Å². The molecule has 1 aromatic heterocycles. The zero-order valence-electron chi connectivity index (χ0n) is 11.7. The fourth-order valence-electron chi connectivity index (χ4n) is 1.51. The second-order valence-electron chi connectivity index (χ2n) is 4.22. The van der Waals surface area contributed by atoms with Gasteiger partial charge in [-0.2, -0.15) is 5.10 Å². The Bertz CT molecular complexity index is 744. The minimum absolute atomic E-state index is 0.0547. The van der Waals surface area contributed by atoms with E-state index in [9.17, 15) is 19.7 Å². The Hall–Kier alpha value is -3.62. The third kappa shape index (κ3) is 4.70. The molecular weight excluding hydrogens is 302 g/mol. The van der Waals surface area contributed by atoms with E-state index in [4.69, 9.17) is 0 Å². The van der Waals surface area contributed by atoms with Crippen LogP contribution in [0.4, 0.5) is 11.5 Å². The minimum atomic E-state index is -0.964. The molecule has 9 nitrogen and oxygen atoms in total. The summed E-state index contributed by atoms with van der Waals surface area (Å²) in [4.78, 5) is 36.9. The average molecular weight is 313 g/mol. The number of carbonyl (C=O) groups is 2. The number of nitrogens with zero attached hydrogens (tertiary/aromatic N) is 3. The smallest absolute Gasteiger partial charge is 0.302 e. The highest BCUT2D eigenvalue weighted by Crippen LogP contribution is 2.10. The molecule has 0 spiro atoms. The number of nitro benzene ring substituents is 1. The molecule has 2 amide bonds. The number of benzene rings is 1. The van der Waals surface area contributed by atoms with Crippen molar-refractivity contribution in [3.8, 4) is 0 Å². The molecule has 0 fully saturated rings. The molecule has 116 valence electrons. The standard InChI is InChI=1S/C14H11N5O4/c20-13(17-12-3-1-2-8-15-12)14(21)18-16-9-10-4-6-11(7-5-10)19(22)23/h1-9H,(H,18,21)(H,15,17,20). The molecule has 0 radical (unpaired) electrons. The van der Waals surface area contributed by atoms with Gasteiger partial charge >= 0.3 is 11.8 Å². The monoisotopic (exact) mass is 313 g/mol. The summed E-state index contributed by atoms with van der Waals surface area (Å²) in [6.45, 7) is 0. The number of hydrazone groups is 1. The van der Waals surface area contributed by atoms with E-state index in [0.29, 0.717) is 5.56 Å². The molecule has 9 heteroatoms. The van der Waals surface area contributed by atoms with Gasteiger partial charge in [-0.25, -0.2) is 10.4 Å². The van der Waals surface area contributed by atoms with Gasteiger partial charge in [-0.3, -0.25) is 19.7 Å². The lowest BCUT2D eigenvalue weighted by Gasteiger charge is -2.02. The Kier molecular flexibility index (Phi) is 5.08. The van der Waals surface area contributed by atoms with Gasteiger partial charge in [0.05, 0.1) is 11.1 Å². The van der Waals surface area contributed by atoms with Crippen LogP contribution in [-0.2, 0) is 9.59 Å². The molecule has 23 heavy (non-hydrogen) atoms. The molecule has 0 atom stereocenters. The van der Waals surface area contributed by atoms with Crippen LogP contribution in [0.2, 0.25) is 0 Å². The molecule has 0 aliphatic carbocycles. The van der Waals surface area contributed by atoms with E-state index in [-0.39, 0.29) is 11.5 Å². The predicted molar refractivity (Wildman–Crippen MR) is 81.7 cm³/mol. The second kappa shape index (κ2) is 7.41. The van der Waals surface area contributed by atoms with Gasteiger partial charge in [0.25, 0.3) is 5.69 Å². The van der Waals surface area contributed by atoms with Crippen LogP contribution in [0.1, 0.15) is 5.56 Å². The molecule has 0 saturated heterocycles. The van der Waals surface area contributed by atoms with E-state index in [0.717, 1.165) is 0 Å². The average Bonchev–Trinajstić information content (AvgIpc) is 2.56. The number of amides is 2. The molecular formula is C14H11N5O4. The summed E-state index contributed by atoms with van der Waals surface area (Å²) in [6, 6.07) is 10.4. The Morgan fingerprint density at radius 2 is 1.87 bits per heavy atom. The lowest BCUT2D eigenvalue weighted by molar-refractivity contribution is -0.384. The number of hydrogen-bond donors (Lipinski definition) is 2. The van der Waals surface area contributed by atoms with E-state index in [2.05, 4.69) is 15.4 Å². The quantitative estimate of drug-likeness (QED) is 0.378. The van der Waals surface area contributed by atoms with Gasteiger partial charge in [-0.05, 0) is 29.8 Å². The van der Waals surface area contributed by atoms with Gasteiger partial charge in [0.1, 0.15) is 5.82 Å². The zero-order chi connectivity index (χ0) is 16.7. The van der Waals surface area contributed by atoms with Gasteiger partial charge in [0.2, 0.25) is 0 Å². The Morgan fingerprint density at radius 1 is 1.13 bits per heavy atom. The first-order chi connectivity index (χ1) is 11.1. The molecule has 2 rings (SSSR count). The van der Waals surface area contributed by atoms with Crippen LogP contribution >= 0.6 is 0 Å². The van der Waals surface area contributed by atoms with Crippen molar-refractivity contribution in [3.63, 3.8) is 0 Å². The maximum absolute atomic E-state index is 11.6. The Labute approximate surface area is 130 Å². The summed E-state index contributed by atoms with van der Waals surface area (Å²) in [6.07, 6.45) is 2.73. The highest BCUT2D eigenvalue weighted by molar-refractivity contribution is 6.39. The second-order valence-corrected chi connectivity index (χ2v) is 4.22. The van der Waals surface area contributed by atoms with Crippen LogP contribution in [0, 0.1) is 10.1 Å². The van der Waals surface area contributed by atoms with E-state index >= 15 is 0 Å². The van der Waals surface area contributed by atoms with Gasteiger partial charge in [-0.1, -0.05) is 6.07 Å².